The average Bonchev–Trinajstić information content (AvgIpc) is 2.66. The lowest BCUT2D eigenvalue weighted by Crippen LogP contribution is -2.25. The Bertz CT molecular complexity index is 958. The van der Waals surface area contributed by atoms with Crippen molar-refractivity contribution in [3.8, 4) is 0 Å². The van der Waals surface area contributed by atoms with E-state index in [-0.39, 0.29) is 5.56 Å². The molecule has 136 valence electrons. The molecular formula is C19H19ClN2O2S2. The van der Waals surface area contributed by atoms with Crippen molar-refractivity contribution < 1.29 is 4.74 Å². The first-order valence-electron chi connectivity index (χ1n) is 8.07. The number of fused-ring (bicyclic) bond motifs is 1. The smallest absolute Gasteiger partial charge is 0.262 e. The monoisotopic (exact) mass is 406 g/mol. The van der Waals surface area contributed by atoms with Crippen LogP contribution < -0.4 is 5.56 Å². The lowest BCUT2D eigenvalue weighted by Gasteiger charge is -2.13. The molecule has 0 saturated heterocycles. The van der Waals surface area contributed by atoms with E-state index in [1.807, 2.05) is 0 Å². The quantitative estimate of drug-likeness (QED) is 0.420. The van der Waals surface area contributed by atoms with Crippen molar-refractivity contribution in [2.24, 2.45) is 0 Å². The number of rotatable bonds is 7. The van der Waals surface area contributed by atoms with E-state index in [9.17, 15) is 4.79 Å². The van der Waals surface area contributed by atoms with Crippen LogP contribution in [0.15, 0.2) is 57.3 Å². The molecule has 7 heteroatoms. The average molecular weight is 407 g/mol. The molecule has 1 aromatic heterocycles. The van der Waals surface area contributed by atoms with Crippen LogP contribution in [0.3, 0.4) is 0 Å². The fourth-order valence-corrected chi connectivity index (χ4v) is 4.09. The molecule has 0 aliphatic heterocycles. The first-order chi connectivity index (χ1) is 12.6. The highest BCUT2D eigenvalue weighted by molar-refractivity contribution is 7.98. The summed E-state index contributed by atoms with van der Waals surface area (Å²) < 4.78 is 6.84. The third-order valence-corrected chi connectivity index (χ3v) is 5.95. The van der Waals surface area contributed by atoms with Crippen molar-refractivity contribution in [3.05, 3.63) is 63.4 Å². The highest BCUT2D eigenvalue weighted by atomic mass is 35.5. The van der Waals surface area contributed by atoms with Gasteiger partial charge in [0.2, 0.25) is 0 Å². The topological polar surface area (TPSA) is 44.1 Å². The summed E-state index contributed by atoms with van der Waals surface area (Å²) in [7, 11) is 1.62. The van der Waals surface area contributed by atoms with Crippen molar-refractivity contribution in [2.75, 3.05) is 20.0 Å². The third kappa shape index (κ3) is 4.43. The Kier molecular flexibility index (Phi) is 6.64. The number of nitrogens with zero attached hydrogens (tertiary/aromatic N) is 2. The maximum Gasteiger partial charge on any atom is 0.262 e. The maximum atomic E-state index is 12.9. The Balaban J connectivity index is 1.94. The largest absolute Gasteiger partial charge is 0.383 e. The highest BCUT2D eigenvalue weighted by Crippen LogP contribution is 2.24. The molecule has 0 fully saturated rings. The van der Waals surface area contributed by atoms with Gasteiger partial charge in [-0.2, -0.15) is 0 Å². The zero-order chi connectivity index (χ0) is 18.5. The number of hydrogen-bond donors (Lipinski definition) is 0. The number of methoxy groups -OCH3 is 1. The van der Waals surface area contributed by atoms with Crippen LogP contribution in [0.1, 0.15) is 5.56 Å². The number of halogens is 1. The molecule has 0 bridgehead atoms. The van der Waals surface area contributed by atoms with Crippen LogP contribution in [-0.2, 0) is 17.0 Å². The maximum absolute atomic E-state index is 12.9. The number of benzene rings is 2. The van der Waals surface area contributed by atoms with Gasteiger partial charge in [0.05, 0.1) is 24.1 Å². The van der Waals surface area contributed by atoms with E-state index in [0.717, 1.165) is 5.75 Å². The van der Waals surface area contributed by atoms with Gasteiger partial charge in [0.25, 0.3) is 5.56 Å². The summed E-state index contributed by atoms with van der Waals surface area (Å²) in [5.41, 5.74) is 1.74. The summed E-state index contributed by atoms with van der Waals surface area (Å²) in [6.07, 6.45) is 2.06. The molecule has 0 radical (unpaired) electrons. The van der Waals surface area contributed by atoms with E-state index >= 15 is 0 Å². The van der Waals surface area contributed by atoms with Gasteiger partial charge in [-0.05, 0) is 42.2 Å². The molecule has 0 unspecified atom stereocenters. The van der Waals surface area contributed by atoms with Crippen LogP contribution in [0.5, 0.6) is 0 Å². The predicted octanol–water partition coefficient (Wildman–Crippen LogP) is 4.71. The van der Waals surface area contributed by atoms with Crippen molar-refractivity contribution in [3.63, 3.8) is 0 Å². The van der Waals surface area contributed by atoms with Crippen LogP contribution in [-0.4, -0.2) is 29.5 Å². The van der Waals surface area contributed by atoms with E-state index < -0.39 is 0 Å². The van der Waals surface area contributed by atoms with E-state index in [2.05, 4.69) is 35.5 Å². The highest BCUT2D eigenvalue weighted by Gasteiger charge is 2.12. The Morgan fingerprint density at radius 1 is 1.19 bits per heavy atom. The van der Waals surface area contributed by atoms with Gasteiger partial charge in [0.1, 0.15) is 0 Å². The van der Waals surface area contributed by atoms with Crippen molar-refractivity contribution >= 4 is 46.0 Å². The molecule has 0 atom stereocenters. The van der Waals surface area contributed by atoms with E-state index in [1.165, 1.54) is 10.5 Å². The summed E-state index contributed by atoms with van der Waals surface area (Å²) in [5, 5.41) is 1.82. The number of aromatic nitrogens is 2. The molecule has 2 aromatic carbocycles. The summed E-state index contributed by atoms with van der Waals surface area (Å²) in [5.74, 6) is 0.736. The number of ether oxygens (including phenoxy) is 1. The Labute approximate surface area is 165 Å². The van der Waals surface area contributed by atoms with Crippen LogP contribution in [0.25, 0.3) is 10.9 Å². The van der Waals surface area contributed by atoms with Crippen molar-refractivity contribution in [1.82, 2.24) is 9.55 Å². The summed E-state index contributed by atoms with van der Waals surface area (Å²) >= 11 is 9.33. The second-order valence-electron chi connectivity index (χ2n) is 5.64. The molecule has 3 aromatic rings. The van der Waals surface area contributed by atoms with Gasteiger partial charge >= 0.3 is 0 Å². The van der Waals surface area contributed by atoms with Gasteiger partial charge in [0.15, 0.2) is 5.16 Å². The molecule has 4 nitrogen and oxygen atoms in total. The zero-order valence-corrected chi connectivity index (χ0v) is 17.0. The molecule has 0 saturated carbocycles. The molecule has 0 spiro atoms. The van der Waals surface area contributed by atoms with Crippen LogP contribution in [0.2, 0.25) is 5.02 Å². The van der Waals surface area contributed by atoms with Gasteiger partial charge in [-0.25, -0.2) is 4.98 Å². The minimum atomic E-state index is -0.0658. The van der Waals surface area contributed by atoms with Gasteiger partial charge in [-0.15, -0.1) is 11.8 Å². The first kappa shape index (κ1) is 19.3. The lowest BCUT2D eigenvalue weighted by molar-refractivity contribution is 0.183. The lowest BCUT2D eigenvalue weighted by atomic mass is 10.2. The van der Waals surface area contributed by atoms with Gasteiger partial charge in [-0.3, -0.25) is 9.36 Å². The summed E-state index contributed by atoms with van der Waals surface area (Å²) in [6, 6.07) is 13.6. The predicted molar refractivity (Wildman–Crippen MR) is 111 cm³/mol. The molecule has 1 heterocycles. The van der Waals surface area contributed by atoms with Crippen LogP contribution >= 0.6 is 35.1 Å². The molecule has 0 N–H and O–H groups in total. The molecule has 26 heavy (non-hydrogen) atoms. The van der Waals surface area contributed by atoms with Crippen molar-refractivity contribution in [1.29, 1.82) is 0 Å². The van der Waals surface area contributed by atoms with E-state index in [0.29, 0.717) is 34.2 Å². The SMILES string of the molecule is COCCn1c(SCc2ccc(SC)cc2)nc2cc(Cl)ccc2c1=O. The standard InChI is InChI=1S/C19H19ClN2O2S2/c1-24-10-9-22-18(23)16-8-5-14(20)11-17(16)21-19(22)26-12-13-3-6-15(25-2)7-4-13/h3-8,11H,9-10,12H2,1-2H3. The fourth-order valence-electron chi connectivity index (χ4n) is 2.53. The van der Waals surface area contributed by atoms with Crippen LogP contribution in [0, 0.1) is 0 Å². The number of hydrogen-bond acceptors (Lipinski definition) is 5. The number of thioether (sulfide) groups is 2. The molecule has 0 aliphatic carbocycles. The summed E-state index contributed by atoms with van der Waals surface area (Å²) in [4.78, 5) is 18.8. The molecular weight excluding hydrogens is 388 g/mol. The van der Waals surface area contributed by atoms with Gasteiger partial charge in [-0.1, -0.05) is 35.5 Å². The normalized spacial score (nSPS) is 11.2. The first-order valence-corrected chi connectivity index (χ1v) is 10.7. The Morgan fingerprint density at radius 3 is 2.65 bits per heavy atom. The Hall–Kier alpha value is -1.47. The zero-order valence-electron chi connectivity index (χ0n) is 14.6. The second-order valence-corrected chi connectivity index (χ2v) is 7.90. The van der Waals surface area contributed by atoms with Crippen molar-refractivity contribution in [2.45, 2.75) is 22.3 Å². The minimum absolute atomic E-state index is 0.0658. The van der Waals surface area contributed by atoms with Crippen LogP contribution in [0.4, 0.5) is 0 Å². The van der Waals surface area contributed by atoms with E-state index in [4.69, 9.17) is 16.3 Å². The second kappa shape index (κ2) is 8.95. The van der Waals surface area contributed by atoms with Gasteiger partial charge in [0, 0.05) is 22.8 Å². The van der Waals surface area contributed by atoms with Gasteiger partial charge < -0.3 is 4.74 Å². The Morgan fingerprint density at radius 2 is 1.96 bits per heavy atom. The molecule has 3 rings (SSSR count). The minimum Gasteiger partial charge on any atom is -0.383 e. The molecule has 0 aliphatic rings. The van der Waals surface area contributed by atoms with E-state index in [1.54, 1.807) is 53.4 Å². The fraction of sp³-hybridized carbons (Fsp3) is 0.263. The third-order valence-electron chi connectivity index (χ3n) is 3.93. The molecule has 0 amide bonds. The summed E-state index contributed by atoms with van der Waals surface area (Å²) in [6.45, 7) is 0.922.